The first kappa shape index (κ1) is 38.0. The minimum Gasteiger partial charge on any atom is -0.310 e. The van der Waals surface area contributed by atoms with Crippen molar-refractivity contribution in [2.45, 2.75) is 19.3 Å². The highest BCUT2D eigenvalue weighted by Gasteiger charge is 2.36. The Hall–Kier alpha value is -7.94. The zero-order valence-electron chi connectivity index (χ0n) is 35.5. The van der Waals surface area contributed by atoms with E-state index in [0.29, 0.717) is 0 Å². The second-order valence-electron chi connectivity index (χ2n) is 17.0. The molecule has 0 atom stereocenters. The van der Waals surface area contributed by atoms with E-state index < -0.39 is 0 Å². The topological polar surface area (TPSA) is 6.48 Å². The zero-order chi connectivity index (χ0) is 42.3. The average molecular weight is 807 g/mol. The van der Waals surface area contributed by atoms with Gasteiger partial charge in [-0.25, -0.2) is 0 Å². The summed E-state index contributed by atoms with van der Waals surface area (Å²) in [4.78, 5) is 4.80. The molecule has 0 radical (unpaired) electrons. The lowest BCUT2D eigenvalue weighted by atomic mass is 9.82. The summed E-state index contributed by atoms with van der Waals surface area (Å²) >= 11 is 0. The highest BCUT2D eigenvalue weighted by Crippen LogP contribution is 2.51. The van der Waals surface area contributed by atoms with Gasteiger partial charge in [0.2, 0.25) is 0 Å². The van der Waals surface area contributed by atoms with Crippen LogP contribution in [0.3, 0.4) is 0 Å². The van der Waals surface area contributed by atoms with Crippen LogP contribution in [0, 0.1) is 0 Å². The van der Waals surface area contributed by atoms with Crippen molar-refractivity contribution in [2.24, 2.45) is 0 Å². The van der Waals surface area contributed by atoms with Crippen molar-refractivity contribution in [1.29, 1.82) is 0 Å². The van der Waals surface area contributed by atoms with Gasteiger partial charge in [-0.1, -0.05) is 190 Å². The van der Waals surface area contributed by atoms with Crippen LogP contribution < -0.4 is 9.80 Å². The Kier molecular flexibility index (Phi) is 9.55. The van der Waals surface area contributed by atoms with Crippen LogP contribution in [0.15, 0.2) is 243 Å². The van der Waals surface area contributed by atoms with Gasteiger partial charge in [-0.2, -0.15) is 0 Å². The van der Waals surface area contributed by atoms with Gasteiger partial charge >= 0.3 is 0 Å². The Bertz CT molecular complexity index is 3190. The number of fused-ring (bicyclic) bond motifs is 4. The lowest BCUT2D eigenvalue weighted by molar-refractivity contribution is 0.660. The number of para-hydroxylation sites is 3. The molecule has 0 aliphatic heterocycles. The Morgan fingerprint density at radius 3 is 1.41 bits per heavy atom. The maximum atomic E-state index is 2.43. The molecule has 0 amide bonds. The summed E-state index contributed by atoms with van der Waals surface area (Å²) in [5, 5.41) is 2.49. The highest BCUT2D eigenvalue weighted by atomic mass is 15.2. The van der Waals surface area contributed by atoms with Gasteiger partial charge in [0.15, 0.2) is 0 Å². The molecule has 0 spiro atoms. The first-order valence-corrected chi connectivity index (χ1v) is 21.8. The van der Waals surface area contributed by atoms with E-state index in [1.807, 2.05) is 0 Å². The van der Waals surface area contributed by atoms with Crippen molar-refractivity contribution in [1.82, 2.24) is 0 Å². The Labute approximate surface area is 370 Å². The van der Waals surface area contributed by atoms with Gasteiger partial charge in [0.1, 0.15) is 0 Å². The Morgan fingerprint density at radius 1 is 0.286 bits per heavy atom. The maximum Gasteiger partial charge on any atom is 0.0488 e. The van der Waals surface area contributed by atoms with E-state index in [2.05, 4.69) is 266 Å². The zero-order valence-corrected chi connectivity index (χ0v) is 35.5. The number of nitrogens with zero attached hydrogens (tertiary/aromatic N) is 2. The number of rotatable bonds is 9. The van der Waals surface area contributed by atoms with Gasteiger partial charge in [-0.05, 0) is 133 Å². The fraction of sp³-hybridized carbons (Fsp3) is 0.0492. The molecule has 1 aliphatic carbocycles. The van der Waals surface area contributed by atoms with Crippen molar-refractivity contribution in [3.8, 4) is 44.5 Å². The molecule has 63 heavy (non-hydrogen) atoms. The smallest absolute Gasteiger partial charge is 0.0488 e. The van der Waals surface area contributed by atoms with Crippen molar-refractivity contribution >= 4 is 44.9 Å². The van der Waals surface area contributed by atoms with Gasteiger partial charge in [0, 0.05) is 39.5 Å². The molecule has 0 aromatic heterocycles. The maximum absolute atomic E-state index is 2.43. The summed E-state index contributed by atoms with van der Waals surface area (Å²) in [5.41, 5.74) is 18.9. The van der Waals surface area contributed by atoms with E-state index in [1.165, 1.54) is 55.3 Å². The molecule has 0 bridgehead atoms. The van der Waals surface area contributed by atoms with Crippen molar-refractivity contribution in [3.63, 3.8) is 0 Å². The third-order valence-electron chi connectivity index (χ3n) is 12.8. The molecular weight excluding hydrogens is 761 g/mol. The van der Waals surface area contributed by atoms with Crippen molar-refractivity contribution < 1.29 is 0 Å². The van der Waals surface area contributed by atoms with Gasteiger partial charge in [0.25, 0.3) is 0 Å². The third kappa shape index (κ3) is 6.87. The minimum absolute atomic E-state index is 0.137. The van der Waals surface area contributed by atoms with Crippen LogP contribution in [0.2, 0.25) is 0 Å². The number of hydrogen-bond donors (Lipinski definition) is 0. The Balaban J connectivity index is 1.10. The predicted molar refractivity (Wildman–Crippen MR) is 267 cm³/mol. The van der Waals surface area contributed by atoms with Crippen LogP contribution in [0.4, 0.5) is 34.1 Å². The van der Waals surface area contributed by atoms with E-state index in [1.54, 1.807) is 0 Å². The van der Waals surface area contributed by atoms with Crippen LogP contribution in [-0.2, 0) is 5.41 Å². The normalized spacial score (nSPS) is 12.4. The summed E-state index contributed by atoms with van der Waals surface area (Å²) in [7, 11) is 0. The van der Waals surface area contributed by atoms with Gasteiger partial charge in [-0.3, -0.25) is 0 Å². The van der Waals surface area contributed by atoms with E-state index in [-0.39, 0.29) is 5.41 Å². The molecule has 0 saturated carbocycles. The third-order valence-corrected chi connectivity index (χ3v) is 12.8. The molecule has 0 saturated heterocycles. The largest absolute Gasteiger partial charge is 0.310 e. The van der Waals surface area contributed by atoms with Crippen LogP contribution >= 0.6 is 0 Å². The molecular formula is C61H46N2. The summed E-state index contributed by atoms with van der Waals surface area (Å²) in [6.45, 7) is 4.71. The number of benzene rings is 10. The first-order valence-electron chi connectivity index (χ1n) is 21.8. The lowest BCUT2D eigenvalue weighted by Crippen LogP contribution is -2.17. The molecule has 1 aliphatic rings. The summed E-state index contributed by atoms with van der Waals surface area (Å²) in [6, 6.07) is 88.4. The van der Waals surface area contributed by atoms with E-state index >= 15 is 0 Å². The summed E-state index contributed by atoms with van der Waals surface area (Å²) in [5.74, 6) is 0. The first-order chi connectivity index (χ1) is 31.0. The summed E-state index contributed by atoms with van der Waals surface area (Å²) in [6.07, 6.45) is 0. The molecule has 10 aromatic carbocycles. The van der Waals surface area contributed by atoms with Crippen molar-refractivity contribution in [3.05, 3.63) is 254 Å². The summed E-state index contributed by atoms with van der Waals surface area (Å²) < 4.78 is 0. The Morgan fingerprint density at radius 2 is 0.778 bits per heavy atom. The molecule has 10 aromatic rings. The quantitative estimate of drug-likeness (QED) is 0.143. The highest BCUT2D eigenvalue weighted by molar-refractivity contribution is 6.04. The van der Waals surface area contributed by atoms with E-state index in [9.17, 15) is 0 Å². The molecule has 300 valence electrons. The van der Waals surface area contributed by atoms with Crippen LogP contribution in [0.1, 0.15) is 25.0 Å². The van der Waals surface area contributed by atoms with E-state index in [4.69, 9.17) is 0 Å². The van der Waals surface area contributed by atoms with Gasteiger partial charge < -0.3 is 9.80 Å². The molecule has 2 nitrogen and oxygen atoms in total. The minimum atomic E-state index is -0.137. The molecule has 0 fully saturated rings. The standard InChI is InChI=1S/C61H46N2/c1-61(2)58-30-18-17-29-56(58)57-38-36-51(42-59(57)61)63(50-26-13-6-14-27-50)53-40-47(39-52(41-53)62(48-22-9-4-10-23-48)49-24-11-5-12-25-49)43-31-33-45(34-32-43)55-37-35-44-19-15-16-28-54(44)60(55)46-20-7-3-8-21-46/h3-42H,1-2H3. The van der Waals surface area contributed by atoms with Crippen LogP contribution in [0.5, 0.6) is 0 Å². The van der Waals surface area contributed by atoms with Crippen LogP contribution in [-0.4, -0.2) is 0 Å². The molecule has 2 heteroatoms. The molecule has 11 rings (SSSR count). The fourth-order valence-electron chi connectivity index (χ4n) is 9.75. The fourth-order valence-corrected chi connectivity index (χ4v) is 9.75. The van der Waals surface area contributed by atoms with Gasteiger partial charge in [0.05, 0.1) is 0 Å². The molecule has 0 heterocycles. The second kappa shape index (κ2) is 15.8. The number of anilines is 6. The van der Waals surface area contributed by atoms with Gasteiger partial charge in [-0.15, -0.1) is 0 Å². The van der Waals surface area contributed by atoms with Crippen LogP contribution in [0.25, 0.3) is 55.3 Å². The predicted octanol–water partition coefficient (Wildman–Crippen LogP) is 17.1. The average Bonchev–Trinajstić information content (AvgIpc) is 3.57. The molecule has 0 N–H and O–H groups in total. The molecule has 0 unspecified atom stereocenters. The second-order valence-corrected chi connectivity index (χ2v) is 17.0. The van der Waals surface area contributed by atoms with Crippen molar-refractivity contribution in [2.75, 3.05) is 9.80 Å². The monoisotopic (exact) mass is 806 g/mol. The lowest BCUT2D eigenvalue weighted by Gasteiger charge is -2.31. The number of hydrogen-bond acceptors (Lipinski definition) is 2. The SMILES string of the molecule is CC1(C)c2ccccc2-c2ccc(N(c3ccccc3)c3cc(-c4ccc(-c5ccc6ccccc6c5-c5ccccc5)cc4)cc(N(c4ccccc4)c4ccccc4)c3)cc21. The van der Waals surface area contributed by atoms with E-state index in [0.717, 1.165) is 45.3 Å².